The molecule has 2 bridgehead atoms. The number of nitrogens with zero attached hydrogens (tertiary/aromatic N) is 3. The molecule has 4 rings (SSSR count). The number of benzene rings is 1. The van der Waals surface area contributed by atoms with Crippen molar-refractivity contribution in [3.8, 4) is 11.8 Å². The van der Waals surface area contributed by atoms with Crippen LogP contribution in [0.1, 0.15) is 12.0 Å². The molecule has 1 saturated carbocycles. The molecule has 0 spiro atoms. The third kappa shape index (κ3) is 2.65. The molecule has 2 fully saturated rings. The second-order valence-corrected chi connectivity index (χ2v) is 7.78. The van der Waals surface area contributed by atoms with Crippen LogP contribution in [0.15, 0.2) is 33.9 Å². The molecule has 0 radical (unpaired) electrons. The number of nitriles is 1. The summed E-state index contributed by atoms with van der Waals surface area (Å²) < 4.78 is 5.96. The maximum absolute atomic E-state index is 12.6. The van der Waals surface area contributed by atoms with Crippen LogP contribution in [0.25, 0.3) is 0 Å². The van der Waals surface area contributed by atoms with Crippen molar-refractivity contribution in [1.29, 1.82) is 5.26 Å². The number of carbonyl (C=O) groups excluding carboxylic acids is 2. The molecule has 4 unspecified atom stereocenters. The first-order chi connectivity index (χ1) is 12.5. The molecule has 8 heteroatoms. The number of rotatable bonds is 4. The van der Waals surface area contributed by atoms with Gasteiger partial charge in [-0.2, -0.15) is 15.4 Å². The standard InChI is InChI=1S/C18H13BrClN3O3/c19-13-7-12(20)6-11(16(13)26-4-3-21)8-22-23-17(24)14-9-1-2-10(5-9)15(14)18(23)25/h1-2,6-10,14-15H,4-5H2. The molecular formula is C18H13BrClN3O3. The largest absolute Gasteiger partial charge is 0.477 e. The van der Waals surface area contributed by atoms with Gasteiger partial charge in [0.1, 0.15) is 11.8 Å². The van der Waals surface area contributed by atoms with Crippen molar-refractivity contribution in [2.75, 3.05) is 6.61 Å². The van der Waals surface area contributed by atoms with Gasteiger partial charge in [-0.15, -0.1) is 0 Å². The number of fused-ring (bicyclic) bond motifs is 5. The van der Waals surface area contributed by atoms with E-state index in [0.717, 1.165) is 11.4 Å². The topological polar surface area (TPSA) is 82.8 Å². The van der Waals surface area contributed by atoms with Gasteiger partial charge >= 0.3 is 0 Å². The molecule has 3 aliphatic rings. The lowest BCUT2D eigenvalue weighted by Gasteiger charge is -2.13. The summed E-state index contributed by atoms with van der Waals surface area (Å²) in [4.78, 5) is 25.3. The van der Waals surface area contributed by atoms with Crippen LogP contribution in [0.2, 0.25) is 5.02 Å². The van der Waals surface area contributed by atoms with Crippen molar-refractivity contribution < 1.29 is 14.3 Å². The molecule has 2 aliphatic carbocycles. The molecule has 6 nitrogen and oxygen atoms in total. The highest BCUT2D eigenvalue weighted by Crippen LogP contribution is 2.52. The zero-order valence-electron chi connectivity index (χ0n) is 13.4. The van der Waals surface area contributed by atoms with Crippen molar-refractivity contribution >= 4 is 45.6 Å². The first kappa shape index (κ1) is 17.3. The van der Waals surface area contributed by atoms with Gasteiger partial charge in [-0.3, -0.25) is 9.59 Å². The predicted octanol–water partition coefficient (Wildman–Crippen LogP) is 3.15. The third-order valence-corrected chi connectivity index (χ3v) is 5.88. The first-order valence-corrected chi connectivity index (χ1v) is 9.27. The fourth-order valence-corrected chi connectivity index (χ4v) is 5.00. The number of halogens is 2. The highest BCUT2D eigenvalue weighted by molar-refractivity contribution is 9.10. The highest BCUT2D eigenvalue weighted by Gasteiger charge is 2.59. The molecule has 1 aromatic carbocycles. The maximum atomic E-state index is 12.6. The van der Waals surface area contributed by atoms with Crippen molar-refractivity contribution in [1.82, 2.24) is 5.01 Å². The van der Waals surface area contributed by atoms with E-state index in [4.69, 9.17) is 21.6 Å². The minimum atomic E-state index is -0.296. The number of allylic oxidation sites excluding steroid dienone is 2. The van der Waals surface area contributed by atoms with Crippen molar-refractivity contribution in [2.24, 2.45) is 28.8 Å². The molecule has 4 atom stereocenters. The van der Waals surface area contributed by atoms with Crippen LogP contribution in [0, 0.1) is 35.0 Å². The van der Waals surface area contributed by atoms with Gasteiger partial charge in [-0.25, -0.2) is 0 Å². The summed E-state index contributed by atoms with van der Waals surface area (Å²) in [6.45, 7) is -0.151. The Hall–Kier alpha value is -2.17. The van der Waals surface area contributed by atoms with Crippen LogP contribution in [-0.2, 0) is 9.59 Å². The van der Waals surface area contributed by atoms with E-state index < -0.39 is 0 Å². The van der Waals surface area contributed by atoms with Crippen LogP contribution < -0.4 is 4.74 Å². The zero-order valence-corrected chi connectivity index (χ0v) is 15.8. The van der Waals surface area contributed by atoms with E-state index >= 15 is 0 Å². The molecule has 1 heterocycles. The molecule has 132 valence electrons. The van der Waals surface area contributed by atoms with E-state index in [2.05, 4.69) is 21.0 Å². The molecule has 2 amide bonds. The number of amides is 2. The molecule has 1 aromatic rings. The van der Waals surface area contributed by atoms with Gasteiger partial charge in [0, 0.05) is 10.6 Å². The number of ether oxygens (including phenoxy) is 1. The summed E-state index contributed by atoms with van der Waals surface area (Å²) in [6.07, 6.45) is 6.31. The van der Waals surface area contributed by atoms with Crippen LogP contribution in [-0.4, -0.2) is 29.6 Å². The quantitative estimate of drug-likeness (QED) is 0.414. The predicted molar refractivity (Wildman–Crippen MR) is 97.4 cm³/mol. The van der Waals surface area contributed by atoms with Crippen LogP contribution in [0.4, 0.5) is 0 Å². The van der Waals surface area contributed by atoms with Crippen molar-refractivity contribution in [2.45, 2.75) is 6.42 Å². The van der Waals surface area contributed by atoms with Gasteiger partial charge in [-0.05, 0) is 46.3 Å². The Labute approximate surface area is 163 Å². The number of imide groups is 1. The van der Waals surface area contributed by atoms with E-state index in [-0.39, 0.29) is 42.1 Å². The van der Waals surface area contributed by atoms with Crippen LogP contribution in [0.3, 0.4) is 0 Å². The lowest BCUT2D eigenvalue weighted by Crippen LogP contribution is -2.28. The van der Waals surface area contributed by atoms with Crippen molar-refractivity contribution in [3.05, 3.63) is 39.3 Å². The Morgan fingerprint density at radius 2 is 1.96 bits per heavy atom. The van der Waals surface area contributed by atoms with Crippen molar-refractivity contribution in [3.63, 3.8) is 0 Å². The zero-order chi connectivity index (χ0) is 18.4. The summed E-state index contributed by atoms with van der Waals surface area (Å²) in [5, 5.41) is 14.2. The van der Waals surface area contributed by atoms with E-state index in [1.165, 1.54) is 6.21 Å². The third-order valence-electron chi connectivity index (χ3n) is 5.08. The summed E-state index contributed by atoms with van der Waals surface area (Å²) in [6, 6.07) is 5.12. The van der Waals surface area contributed by atoms with Gasteiger partial charge in [-0.1, -0.05) is 23.8 Å². The van der Waals surface area contributed by atoms with Gasteiger partial charge in [0.25, 0.3) is 11.8 Å². The van der Waals surface area contributed by atoms with Crippen LogP contribution >= 0.6 is 27.5 Å². The Kier molecular flexibility index (Phi) is 4.33. The monoisotopic (exact) mass is 433 g/mol. The number of hydrazone groups is 1. The Morgan fingerprint density at radius 3 is 2.58 bits per heavy atom. The summed E-state index contributed by atoms with van der Waals surface area (Å²) in [7, 11) is 0. The lowest BCUT2D eigenvalue weighted by atomic mass is 9.85. The fraction of sp³-hybridized carbons (Fsp3) is 0.333. The molecule has 0 N–H and O–H groups in total. The van der Waals surface area contributed by atoms with Gasteiger partial charge in [0.15, 0.2) is 6.61 Å². The Bertz CT molecular complexity index is 878. The lowest BCUT2D eigenvalue weighted by molar-refractivity contribution is -0.140. The number of hydrogen-bond acceptors (Lipinski definition) is 5. The highest BCUT2D eigenvalue weighted by atomic mass is 79.9. The summed E-state index contributed by atoms with van der Waals surface area (Å²) >= 11 is 9.40. The summed E-state index contributed by atoms with van der Waals surface area (Å²) in [5.74, 6) is -0.457. The number of carbonyl (C=O) groups is 2. The molecule has 1 aliphatic heterocycles. The minimum Gasteiger partial charge on any atom is -0.477 e. The smallest absolute Gasteiger partial charge is 0.254 e. The minimum absolute atomic E-state index is 0.136. The number of hydrogen-bond donors (Lipinski definition) is 0. The van der Waals surface area contributed by atoms with Gasteiger partial charge in [0.05, 0.1) is 22.5 Å². The molecular weight excluding hydrogens is 422 g/mol. The van der Waals surface area contributed by atoms with Gasteiger partial charge in [0.2, 0.25) is 0 Å². The van der Waals surface area contributed by atoms with E-state index in [9.17, 15) is 9.59 Å². The van der Waals surface area contributed by atoms with E-state index in [0.29, 0.717) is 20.8 Å². The summed E-state index contributed by atoms with van der Waals surface area (Å²) in [5.41, 5.74) is 0.471. The SMILES string of the molecule is N#CCOc1c(Br)cc(Cl)cc1C=NN1C(=O)C2C3C=CC(C3)C2C1=O. The fourth-order valence-electron chi connectivity index (χ4n) is 4.05. The second-order valence-electron chi connectivity index (χ2n) is 6.49. The van der Waals surface area contributed by atoms with Gasteiger partial charge < -0.3 is 4.74 Å². The average Bonchev–Trinajstić information content (AvgIpc) is 3.27. The molecule has 26 heavy (non-hydrogen) atoms. The van der Waals surface area contributed by atoms with E-state index in [1.54, 1.807) is 12.1 Å². The van der Waals surface area contributed by atoms with E-state index in [1.807, 2.05) is 18.2 Å². The van der Waals surface area contributed by atoms with Crippen LogP contribution in [0.5, 0.6) is 5.75 Å². The normalized spacial score (nSPS) is 28.9. The molecule has 0 aromatic heterocycles. The molecule has 1 saturated heterocycles. The average molecular weight is 435 g/mol. The Morgan fingerprint density at radius 1 is 1.31 bits per heavy atom. The Balaban J connectivity index is 1.62. The first-order valence-electron chi connectivity index (χ1n) is 8.10. The maximum Gasteiger partial charge on any atom is 0.254 e. The second kappa shape index (κ2) is 6.53.